The van der Waals surface area contributed by atoms with E-state index in [1.54, 1.807) is 0 Å². The van der Waals surface area contributed by atoms with Crippen molar-refractivity contribution in [2.75, 3.05) is 46.8 Å². The van der Waals surface area contributed by atoms with E-state index < -0.39 is 0 Å². The van der Waals surface area contributed by atoms with E-state index in [1.807, 2.05) is 0 Å². The van der Waals surface area contributed by atoms with Crippen molar-refractivity contribution in [2.45, 2.75) is 44.3 Å². The summed E-state index contributed by atoms with van der Waals surface area (Å²) in [6, 6.07) is 1.28. The van der Waals surface area contributed by atoms with Crippen LogP contribution in [0.25, 0.3) is 0 Å². The van der Waals surface area contributed by atoms with Crippen LogP contribution in [0.3, 0.4) is 0 Å². The third-order valence-electron chi connectivity index (χ3n) is 5.18. The van der Waals surface area contributed by atoms with Crippen LogP contribution < -0.4 is 5.73 Å². The minimum atomic E-state index is 0.243. The molecular weight excluding hydrogens is 224 g/mol. The molecule has 0 radical (unpaired) electrons. The first kappa shape index (κ1) is 14.3. The molecule has 2 N–H and O–H groups in total. The first-order valence-corrected chi connectivity index (χ1v) is 7.34. The van der Waals surface area contributed by atoms with Gasteiger partial charge in [-0.1, -0.05) is 0 Å². The fourth-order valence-electron chi connectivity index (χ4n) is 3.82. The van der Waals surface area contributed by atoms with Crippen LogP contribution in [0.1, 0.15) is 26.7 Å². The van der Waals surface area contributed by atoms with Gasteiger partial charge in [-0.3, -0.25) is 4.90 Å². The molecule has 0 amide bonds. The number of hydrogen-bond acceptors (Lipinski definition) is 4. The van der Waals surface area contributed by atoms with Gasteiger partial charge in [-0.25, -0.2) is 0 Å². The number of piperazine rings is 1. The van der Waals surface area contributed by atoms with Gasteiger partial charge in [0.05, 0.1) is 0 Å². The number of piperidine rings is 1. The average molecular weight is 254 g/mol. The second-order valence-electron chi connectivity index (χ2n) is 6.52. The normalized spacial score (nSPS) is 41.2. The van der Waals surface area contributed by atoms with Gasteiger partial charge in [-0.2, -0.15) is 0 Å². The lowest BCUT2D eigenvalue weighted by Crippen LogP contribution is -2.67. The Bertz CT molecular complexity index is 283. The summed E-state index contributed by atoms with van der Waals surface area (Å²) in [7, 11) is 4.46. The Morgan fingerprint density at radius 1 is 1.11 bits per heavy atom. The molecule has 0 spiro atoms. The molecule has 0 bridgehead atoms. The van der Waals surface area contributed by atoms with E-state index in [0.29, 0.717) is 12.1 Å². The quantitative estimate of drug-likeness (QED) is 0.775. The molecular formula is C14H30N4. The summed E-state index contributed by atoms with van der Waals surface area (Å²) in [6.07, 6.45) is 2.44. The monoisotopic (exact) mass is 254 g/mol. The number of likely N-dealkylation sites (tertiary alicyclic amines) is 1. The molecule has 0 aromatic heterocycles. The van der Waals surface area contributed by atoms with Gasteiger partial charge in [0.2, 0.25) is 0 Å². The minimum absolute atomic E-state index is 0.243. The number of nitrogens with zero attached hydrogens (tertiary/aromatic N) is 3. The van der Waals surface area contributed by atoms with Crippen molar-refractivity contribution < 1.29 is 0 Å². The standard InChI is InChI=1S/C14H30N4/c1-12-9-14(11-15,5-6-17(12)4)18-8-7-16(3)10-13(18)2/h12-13H,5-11,15H2,1-4H3. The van der Waals surface area contributed by atoms with E-state index in [9.17, 15) is 0 Å². The predicted molar refractivity (Wildman–Crippen MR) is 76.8 cm³/mol. The molecule has 2 saturated heterocycles. The predicted octanol–water partition coefficient (Wildman–Crippen LogP) is 0.434. The number of likely N-dealkylation sites (N-methyl/N-ethyl adjacent to an activating group) is 1. The molecule has 2 heterocycles. The van der Waals surface area contributed by atoms with Gasteiger partial charge < -0.3 is 15.5 Å². The van der Waals surface area contributed by atoms with Crippen molar-refractivity contribution >= 4 is 0 Å². The van der Waals surface area contributed by atoms with Crippen molar-refractivity contribution in [1.82, 2.24) is 14.7 Å². The molecule has 0 saturated carbocycles. The Kier molecular flexibility index (Phi) is 4.32. The van der Waals surface area contributed by atoms with E-state index in [1.165, 1.54) is 39.0 Å². The van der Waals surface area contributed by atoms with E-state index >= 15 is 0 Å². The van der Waals surface area contributed by atoms with Gasteiger partial charge in [-0.05, 0) is 47.3 Å². The second-order valence-corrected chi connectivity index (χ2v) is 6.52. The van der Waals surface area contributed by atoms with Crippen molar-refractivity contribution in [2.24, 2.45) is 5.73 Å². The smallest absolute Gasteiger partial charge is 0.0362 e. The zero-order chi connectivity index (χ0) is 13.3. The molecule has 0 aromatic rings. The molecule has 2 fully saturated rings. The van der Waals surface area contributed by atoms with Crippen molar-refractivity contribution in [3.8, 4) is 0 Å². The summed E-state index contributed by atoms with van der Waals surface area (Å²) >= 11 is 0. The molecule has 2 aliphatic rings. The van der Waals surface area contributed by atoms with E-state index in [2.05, 4.69) is 42.6 Å². The lowest BCUT2D eigenvalue weighted by Gasteiger charge is -2.54. The maximum absolute atomic E-state index is 6.20. The summed E-state index contributed by atoms with van der Waals surface area (Å²) in [5.41, 5.74) is 6.44. The zero-order valence-electron chi connectivity index (χ0n) is 12.5. The van der Waals surface area contributed by atoms with Crippen LogP contribution in [0.4, 0.5) is 0 Å². The second kappa shape index (κ2) is 5.45. The fraction of sp³-hybridized carbons (Fsp3) is 1.00. The summed E-state index contributed by atoms with van der Waals surface area (Å²) < 4.78 is 0. The summed E-state index contributed by atoms with van der Waals surface area (Å²) in [4.78, 5) is 7.61. The molecule has 18 heavy (non-hydrogen) atoms. The van der Waals surface area contributed by atoms with Crippen LogP contribution in [0.15, 0.2) is 0 Å². The van der Waals surface area contributed by atoms with Gasteiger partial charge >= 0.3 is 0 Å². The van der Waals surface area contributed by atoms with Crippen molar-refractivity contribution in [3.05, 3.63) is 0 Å². The third kappa shape index (κ3) is 2.57. The van der Waals surface area contributed by atoms with Crippen LogP contribution in [0.2, 0.25) is 0 Å². The first-order chi connectivity index (χ1) is 8.48. The van der Waals surface area contributed by atoms with Gasteiger partial charge in [0, 0.05) is 43.8 Å². The highest BCUT2D eigenvalue weighted by Crippen LogP contribution is 2.33. The van der Waals surface area contributed by atoms with E-state index in [0.717, 1.165) is 6.54 Å². The number of hydrogen-bond donors (Lipinski definition) is 1. The van der Waals surface area contributed by atoms with Crippen LogP contribution in [0.5, 0.6) is 0 Å². The van der Waals surface area contributed by atoms with E-state index in [4.69, 9.17) is 5.73 Å². The highest BCUT2D eigenvalue weighted by Gasteiger charge is 2.43. The molecule has 3 unspecified atom stereocenters. The van der Waals surface area contributed by atoms with Crippen LogP contribution in [-0.2, 0) is 0 Å². The van der Waals surface area contributed by atoms with Gasteiger partial charge in [0.25, 0.3) is 0 Å². The average Bonchev–Trinajstić information content (AvgIpc) is 2.33. The van der Waals surface area contributed by atoms with Gasteiger partial charge in [0.15, 0.2) is 0 Å². The summed E-state index contributed by atoms with van der Waals surface area (Å²) in [6.45, 7) is 10.2. The number of nitrogens with two attached hydrogens (primary N) is 1. The summed E-state index contributed by atoms with van der Waals surface area (Å²) in [5, 5.41) is 0. The Morgan fingerprint density at radius 3 is 2.39 bits per heavy atom. The van der Waals surface area contributed by atoms with Crippen LogP contribution >= 0.6 is 0 Å². The first-order valence-electron chi connectivity index (χ1n) is 7.34. The Morgan fingerprint density at radius 2 is 1.83 bits per heavy atom. The van der Waals surface area contributed by atoms with E-state index in [-0.39, 0.29) is 5.54 Å². The third-order valence-corrected chi connectivity index (χ3v) is 5.18. The largest absolute Gasteiger partial charge is 0.329 e. The van der Waals surface area contributed by atoms with Crippen molar-refractivity contribution in [1.29, 1.82) is 0 Å². The highest BCUT2D eigenvalue weighted by molar-refractivity contribution is 5.01. The topological polar surface area (TPSA) is 35.7 Å². The van der Waals surface area contributed by atoms with Crippen molar-refractivity contribution in [3.63, 3.8) is 0 Å². The molecule has 2 aliphatic heterocycles. The lowest BCUT2D eigenvalue weighted by atomic mass is 9.80. The van der Waals surface area contributed by atoms with Gasteiger partial charge in [0.1, 0.15) is 0 Å². The fourth-order valence-corrected chi connectivity index (χ4v) is 3.82. The maximum Gasteiger partial charge on any atom is 0.0362 e. The molecule has 4 heteroatoms. The molecule has 3 atom stereocenters. The van der Waals surface area contributed by atoms with Crippen LogP contribution in [-0.4, -0.2) is 79.1 Å². The maximum atomic E-state index is 6.20. The number of rotatable bonds is 2. The van der Waals surface area contributed by atoms with Gasteiger partial charge in [-0.15, -0.1) is 0 Å². The SMILES string of the molecule is CC1CC(CN)(N2CCN(C)CC2C)CCN1C. The summed E-state index contributed by atoms with van der Waals surface area (Å²) in [5.74, 6) is 0. The molecule has 0 aliphatic carbocycles. The Labute approximate surface area is 112 Å². The molecule has 0 aromatic carbocycles. The molecule has 4 nitrogen and oxygen atoms in total. The highest BCUT2D eigenvalue weighted by atomic mass is 15.3. The zero-order valence-corrected chi connectivity index (χ0v) is 12.5. The lowest BCUT2D eigenvalue weighted by molar-refractivity contribution is -0.0417. The Hall–Kier alpha value is -0.160. The Balaban J connectivity index is 2.12. The minimum Gasteiger partial charge on any atom is -0.329 e. The van der Waals surface area contributed by atoms with Crippen LogP contribution in [0, 0.1) is 0 Å². The molecule has 2 rings (SSSR count). The molecule has 106 valence electrons.